The summed E-state index contributed by atoms with van der Waals surface area (Å²) >= 11 is 1.34. The molecule has 0 aliphatic rings. The average Bonchev–Trinajstić information content (AvgIpc) is 3.11. The molecule has 25 heavy (non-hydrogen) atoms. The first-order valence-corrected chi connectivity index (χ1v) is 8.19. The third-order valence-corrected chi connectivity index (χ3v) is 4.39. The largest absolute Gasteiger partial charge is 0.504 e. The summed E-state index contributed by atoms with van der Waals surface area (Å²) in [6, 6.07) is 13.0. The van der Waals surface area contributed by atoms with E-state index in [1.165, 1.54) is 36.6 Å². The zero-order chi connectivity index (χ0) is 17.8. The van der Waals surface area contributed by atoms with E-state index < -0.39 is 0 Å². The first-order valence-electron chi connectivity index (χ1n) is 7.31. The van der Waals surface area contributed by atoms with Crippen molar-refractivity contribution in [1.82, 2.24) is 4.98 Å². The fourth-order valence-electron chi connectivity index (χ4n) is 2.24. The number of allylic oxidation sites excluding steroid dienone is 1. The van der Waals surface area contributed by atoms with Gasteiger partial charge in [-0.05, 0) is 48.0 Å². The molecule has 3 rings (SSSR count). The maximum atomic E-state index is 13.0. The number of rotatable bonds is 4. The van der Waals surface area contributed by atoms with Crippen LogP contribution in [0.25, 0.3) is 22.9 Å². The van der Waals surface area contributed by atoms with Gasteiger partial charge in [-0.15, -0.1) is 11.3 Å². The predicted molar refractivity (Wildman–Crippen MR) is 95.7 cm³/mol. The fourth-order valence-corrected chi connectivity index (χ4v) is 3.04. The predicted octanol–water partition coefficient (Wildman–Crippen LogP) is 4.73. The lowest BCUT2D eigenvalue weighted by Crippen LogP contribution is -1.86. The lowest BCUT2D eigenvalue weighted by molar-refractivity contribution is 0.373. The molecule has 1 N–H and O–H groups in total. The standard InChI is InChI=1S/C19H13FN2O2S/c1-24-18-9-12(2-7-17(18)23)8-14(10-21)19-22-16(11-25-19)13-3-5-15(20)6-4-13/h2-9,11,23H,1H3/b14-8+. The van der Waals surface area contributed by atoms with E-state index in [-0.39, 0.29) is 11.6 Å². The Morgan fingerprint density at radius 3 is 2.72 bits per heavy atom. The highest BCUT2D eigenvalue weighted by atomic mass is 32.1. The van der Waals surface area contributed by atoms with Crippen LogP contribution in [0, 0.1) is 17.1 Å². The number of methoxy groups -OCH3 is 1. The summed E-state index contributed by atoms with van der Waals surface area (Å²) in [7, 11) is 1.46. The van der Waals surface area contributed by atoms with E-state index in [2.05, 4.69) is 11.1 Å². The van der Waals surface area contributed by atoms with Crippen molar-refractivity contribution in [1.29, 1.82) is 5.26 Å². The van der Waals surface area contributed by atoms with Crippen LogP contribution < -0.4 is 4.74 Å². The quantitative estimate of drug-likeness (QED) is 0.690. The van der Waals surface area contributed by atoms with Gasteiger partial charge in [0.1, 0.15) is 16.9 Å². The third-order valence-electron chi connectivity index (χ3n) is 3.51. The Morgan fingerprint density at radius 2 is 2.04 bits per heavy atom. The van der Waals surface area contributed by atoms with Gasteiger partial charge in [0.05, 0.1) is 18.4 Å². The summed E-state index contributed by atoms with van der Waals surface area (Å²) in [5.41, 5.74) is 2.58. The van der Waals surface area contributed by atoms with Crippen LogP contribution in [0.15, 0.2) is 47.8 Å². The third kappa shape index (κ3) is 3.67. The molecule has 124 valence electrons. The number of aromatic hydroxyl groups is 1. The Hall–Kier alpha value is -3.17. The molecule has 1 aromatic heterocycles. The summed E-state index contributed by atoms with van der Waals surface area (Å²) < 4.78 is 18.1. The fraction of sp³-hybridized carbons (Fsp3) is 0.0526. The molecule has 0 spiro atoms. The topological polar surface area (TPSA) is 66.1 Å². The molecule has 3 aromatic rings. The van der Waals surface area contributed by atoms with Crippen LogP contribution in [0.2, 0.25) is 0 Å². The summed E-state index contributed by atoms with van der Waals surface area (Å²) in [6.45, 7) is 0. The molecule has 0 saturated carbocycles. The van der Waals surface area contributed by atoms with E-state index in [4.69, 9.17) is 4.74 Å². The van der Waals surface area contributed by atoms with E-state index in [0.717, 1.165) is 5.56 Å². The number of phenolic OH excluding ortho intramolecular Hbond substituents is 1. The van der Waals surface area contributed by atoms with Gasteiger partial charge < -0.3 is 9.84 Å². The van der Waals surface area contributed by atoms with Gasteiger partial charge in [-0.2, -0.15) is 5.26 Å². The molecule has 0 bridgehead atoms. The van der Waals surface area contributed by atoms with Crippen molar-refractivity contribution >= 4 is 23.0 Å². The molecule has 0 radical (unpaired) electrons. The van der Waals surface area contributed by atoms with Crippen molar-refractivity contribution in [2.45, 2.75) is 0 Å². The molecule has 0 aliphatic carbocycles. The lowest BCUT2D eigenvalue weighted by atomic mass is 10.1. The number of hydrogen-bond acceptors (Lipinski definition) is 5. The van der Waals surface area contributed by atoms with Crippen LogP contribution in [-0.2, 0) is 0 Å². The van der Waals surface area contributed by atoms with Gasteiger partial charge in [-0.25, -0.2) is 9.37 Å². The van der Waals surface area contributed by atoms with Gasteiger partial charge in [-0.3, -0.25) is 0 Å². The van der Waals surface area contributed by atoms with Gasteiger partial charge in [0, 0.05) is 10.9 Å². The molecular formula is C19H13FN2O2S. The summed E-state index contributed by atoms with van der Waals surface area (Å²) in [4.78, 5) is 4.46. The molecule has 6 heteroatoms. The van der Waals surface area contributed by atoms with Crippen molar-refractivity contribution in [3.05, 3.63) is 64.2 Å². The zero-order valence-corrected chi connectivity index (χ0v) is 14.0. The second kappa shape index (κ2) is 7.16. The average molecular weight is 352 g/mol. The molecule has 0 fully saturated rings. The Bertz CT molecular complexity index is 972. The number of nitriles is 1. The molecule has 1 heterocycles. The highest BCUT2D eigenvalue weighted by molar-refractivity contribution is 7.11. The number of ether oxygens (including phenoxy) is 1. The molecule has 0 aliphatic heterocycles. The molecular weight excluding hydrogens is 339 g/mol. The Kier molecular flexibility index (Phi) is 4.78. The second-order valence-corrected chi connectivity index (χ2v) is 6.00. The minimum absolute atomic E-state index is 0.0333. The van der Waals surface area contributed by atoms with Crippen molar-refractivity contribution in [2.24, 2.45) is 0 Å². The van der Waals surface area contributed by atoms with E-state index in [1.54, 1.807) is 30.3 Å². The summed E-state index contributed by atoms with van der Waals surface area (Å²) in [5, 5.41) is 21.5. The number of phenols is 1. The van der Waals surface area contributed by atoms with Crippen LogP contribution in [-0.4, -0.2) is 17.2 Å². The van der Waals surface area contributed by atoms with Crippen molar-refractivity contribution in [3.63, 3.8) is 0 Å². The van der Waals surface area contributed by atoms with Crippen LogP contribution in [0.3, 0.4) is 0 Å². The van der Waals surface area contributed by atoms with Gasteiger partial charge in [0.15, 0.2) is 11.5 Å². The van der Waals surface area contributed by atoms with Crippen LogP contribution in [0.5, 0.6) is 11.5 Å². The number of benzene rings is 2. The van der Waals surface area contributed by atoms with Gasteiger partial charge in [0.2, 0.25) is 0 Å². The maximum Gasteiger partial charge on any atom is 0.161 e. The van der Waals surface area contributed by atoms with E-state index in [0.29, 0.717) is 27.6 Å². The Labute approximate surface area is 148 Å². The highest BCUT2D eigenvalue weighted by Gasteiger charge is 2.10. The number of hydrogen-bond donors (Lipinski definition) is 1. The number of nitrogens with zero attached hydrogens (tertiary/aromatic N) is 2. The molecule has 4 nitrogen and oxygen atoms in total. The highest BCUT2D eigenvalue weighted by Crippen LogP contribution is 2.30. The summed E-state index contributed by atoms with van der Waals surface area (Å²) in [5.74, 6) is 0.0567. The number of aromatic nitrogens is 1. The SMILES string of the molecule is COc1cc(/C=C(\C#N)c2nc(-c3ccc(F)cc3)cs2)ccc1O. The molecule has 0 atom stereocenters. The minimum atomic E-state index is -0.307. The minimum Gasteiger partial charge on any atom is -0.504 e. The first-order chi connectivity index (χ1) is 12.1. The maximum absolute atomic E-state index is 13.0. The number of thiazole rings is 1. The van der Waals surface area contributed by atoms with Crippen molar-refractivity contribution in [3.8, 4) is 28.8 Å². The van der Waals surface area contributed by atoms with E-state index in [9.17, 15) is 14.8 Å². The molecule has 2 aromatic carbocycles. The summed E-state index contributed by atoms with van der Waals surface area (Å²) in [6.07, 6.45) is 1.68. The van der Waals surface area contributed by atoms with Crippen molar-refractivity contribution in [2.75, 3.05) is 7.11 Å². The second-order valence-electron chi connectivity index (χ2n) is 5.15. The Balaban J connectivity index is 1.94. The van der Waals surface area contributed by atoms with Crippen LogP contribution in [0.4, 0.5) is 4.39 Å². The van der Waals surface area contributed by atoms with Gasteiger partial charge in [-0.1, -0.05) is 6.07 Å². The lowest BCUT2D eigenvalue weighted by Gasteiger charge is -2.04. The Morgan fingerprint density at radius 1 is 1.28 bits per heavy atom. The van der Waals surface area contributed by atoms with Crippen LogP contribution >= 0.6 is 11.3 Å². The van der Waals surface area contributed by atoms with E-state index in [1.807, 2.05) is 5.38 Å². The van der Waals surface area contributed by atoms with Gasteiger partial charge in [0.25, 0.3) is 0 Å². The normalized spacial score (nSPS) is 11.2. The zero-order valence-electron chi connectivity index (χ0n) is 13.2. The number of halogens is 1. The smallest absolute Gasteiger partial charge is 0.161 e. The first kappa shape index (κ1) is 16.7. The van der Waals surface area contributed by atoms with Crippen LogP contribution in [0.1, 0.15) is 10.6 Å². The van der Waals surface area contributed by atoms with Gasteiger partial charge >= 0.3 is 0 Å². The van der Waals surface area contributed by atoms with E-state index >= 15 is 0 Å². The molecule has 0 amide bonds. The monoisotopic (exact) mass is 352 g/mol. The molecule has 0 saturated heterocycles. The van der Waals surface area contributed by atoms with Crippen molar-refractivity contribution < 1.29 is 14.2 Å². The molecule has 0 unspecified atom stereocenters.